The Morgan fingerprint density at radius 3 is 2.93 bits per heavy atom. The average molecular weight is 402 g/mol. The molecule has 0 spiro atoms. The molecule has 5 unspecified atom stereocenters. The number of hydrogen-bond donors (Lipinski definition) is 1. The van der Waals surface area contributed by atoms with E-state index in [1.54, 1.807) is 23.1 Å². The Bertz CT molecular complexity index is 972. The smallest absolute Gasteiger partial charge is 0.302 e. The van der Waals surface area contributed by atoms with Gasteiger partial charge in [-0.3, -0.25) is 14.4 Å². The highest BCUT2D eigenvalue weighted by molar-refractivity contribution is 8.01. The van der Waals surface area contributed by atoms with E-state index in [1.807, 2.05) is 18.2 Å². The fourth-order valence-electron chi connectivity index (χ4n) is 4.78. The zero-order chi connectivity index (χ0) is 18.7. The van der Waals surface area contributed by atoms with E-state index in [1.165, 1.54) is 6.92 Å². The van der Waals surface area contributed by atoms with Gasteiger partial charge in [0.25, 0.3) is 0 Å². The normalized spacial score (nSPS) is 30.0. The summed E-state index contributed by atoms with van der Waals surface area (Å²) in [7, 11) is 0. The number of rotatable bonds is 6. The van der Waals surface area contributed by atoms with Crippen molar-refractivity contribution in [2.75, 3.05) is 17.7 Å². The summed E-state index contributed by atoms with van der Waals surface area (Å²) in [4.78, 5) is 40.1. The van der Waals surface area contributed by atoms with Crippen LogP contribution in [0.3, 0.4) is 0 Å². The average Bonchev–Trinajstić information content (AvgIpc) is 2.99. The molecular weight excluding hydrogens is 384 g/mol. The summed E-state index contributed by atoms with van der Waals surface area (Å²) in [5.41, 5.74) is 1.63. The Hall–Kier alpha value is -1.93. The highest BCUT2D eigenvalue weighted by Gasteiger charge is 2.75. The molecule has 2 aromatic rings. The third-order valence-electron chi connectivity index (χ3n) is 5.85. The van der Waals surface area contributed by atoms with Gasteiger partial charge in [-0.25, -0.2) is 4.98 Å². The molecule has 0 saturated heterocycles. The maximum atomic E-state index is 12.7. The second-order valence-electron chi connectivity index (χ2n) is 7.38. The molecule has 4 fully saturated rings. The molecule has 8 heteroatoms. The summed E-state index contributed by atoms with van der Waals surface area (Å²) >= 11 is 3.10. The zero-order valence-corrected chi connectivity index (χ0v) is 16.3. The Morgan fingerprint density at radius 1 is 1.41 bits per heavy atom. The molecule has 1 aromatic heterocycles. The molecule has 6 nitrogen and oxygen atoms in total. The van der Waals surface area contributed by atoms with E-state index < -0.39 is 0 Å². The summed E-state index contributed by atoms with van der Waals surface area (Å²) in [6.07, 6.45) is 0.911. The van der Waals surface area contributed by atoms with Crippen LogP contribution in [-0.4, -0.2) is 35.0 Å². The monoisotopic (exact) mass is 402 g/mol. The van der Waals surface area contributed by atoms with Crippen molar-refractivity contribution in [2.45, 2.75) is 17.7 Å². The van der Waals surface area contributed by atoms with Crippen LogP contribution in [0, 0.1) is 29.6 Å². The molecule has 4 aliphatic carbocycles. The van der Waals surface area contributed by atoms with E-state index in [-0.39, 0.29) is 29.6 Å². The van der Waals surface area contributed by atoms with Gasteiger partial charge in [-0.15, -0.1) is 11.3 Å². The summed E-state index contributed by atoms with van der Waals surface area (Å²) in [5, 5.41) is 3.01. The van der Waals surface area contributed by atoms with Crippen molar-refractivity contribution in [3.8, 4) is 0 Å². The molecule has 4 bridgehead atoms. The van der Waals surface area contributed by atoms with Gasteiger partial charge in [0.1, 0.15) is 12.4 Å². The fraction of sp³-hybridized carbons (Fsp3) is 0.474. The van der Waals surface area contributed by atoms with E-state index in [0.29, 0.717) is 30.0 Å². The summed E-state index contributed by atoms with van der Waals surface area (Å²) < 4.78 is 6.83. The number of thiazole rings is 1. The molecule has 5 atom stereocenters. The minimum Gasteiger partial charge on any atom is -0.465 e. The first-order chi connectivity index (χ1) is 13.0. The number of ketones is 1. The number of benzene rings is 1. The minimum absolute atomic E-state index is 0.0132. The fourth-order valence-corrected chi connectivity index (χ4v) is 6.78. The van der Waals surface area contributed by atoms with Crippen LogP contribution in [-0.2, 0) is 19.1 Å². The molecule has 140 valence electrons. The number of amides is 1. The molecule has 6 rings (SSSR count). The van der Waals surface area contributed by atoms with Crippen LogP contribution in [0.25, 0.3) is 10.2 Å². The van der Waals surface area contributed by atoms with Crippen molar-refractivity contribution in [2.24, 2.45) is 29.6 Å². The quantitative estimate of drug-likeness (QED) is 0.454. The Balaban J connectivity index is 1.24. The first-order valence-corrected chi connectivity index (χ1v) is 10.8. The van der Waals surface area contributed by atoms with Crippen molar-refractivity contribution in [3.63, 3.8) is 0 Å². The standard InChI is InChI=1S/C19H18N2O4S2/c1-8(22)25-4-5-26-19-21-12-3-2-9(6-13(12)27-19)20-18(24)16-11-7-10-14(16)15(10)17(11)23/h2-3,6,10-11,14-16H,4-5,7H2,1H3,(H,20,24). The lowest BCUT2D eigenvalue weighted by molar-refractivity contribution is -0.140. The molecule has 4 aliphatic rings. The topological polar surface area (TPSA) is 85.4 Å². The zero-order valence-electron chi connectivity index (χ0n) is 14.6. The molecule has 1 amide bonds. The lowest BCUT2D eigenvalue weighted by atomic mass is 9.96. The number of fused-ring (bicyclic) bond motifs is 1. The highest BCUT2D eigenvalue weighted by atomic mass is 32.2. The Morgan fingerprint density at radius 2 is 2.26 bits per heavy atom. The number of esters is 1. The van der Waals surface area contributed by atoms with Crippen LogP contribution in [0.15, 0.2) is 22.5 Å². The van der Waals surface area contributed by atoms with Crippen LogP contribution in [0.2, 0.25) is 0 Å². The molecule has 27 heavy (non-hydrogen) atoms. The molecule has 1 N–H and O–H groups in total. The largest absolute Gasteiger partial charge is 0.465 e. The summed E-state index contributed by atoms with van der Waals surface area (Å²) in [6, 6.07) is 5.70. The van der Waals surface area contributed by atoms with Crippen molar-refractivity contribution >= 4 is 56.7 Å². The molecule has 1 aromatic carbocycles. The van der Waals surface area contributed by atoms with Gasteiger partial charge in [0.2, 0.25) is 5.91 Å². The summed E-state index contributed by atoms with van der Waals surface area (Å²) in [6.45, 7) is 1.76. The minimum atomic E-state index is -0.278. The van der Waals surface area contributed by atoms with Gasteiger partial charge in [0.15, 0.2) is 4.34 Å². The Kier molecular flexibility index (Phi) is 4.01. The number of nitrogens with zero attached hydrogens (tertiary/aromatic N) is 1. The number of aromatic nitrogens is 1. The van der Waals surface area contributed by atoms with Crippen molar-refractivity contribution in [1.82, 2.24) is 4.98 Å². The van der Waals surface area contributed by atoms with Crippen molar-refractivity contribution in [3.05, 3.63) is 18.2 Å². The molecular formula is C19H18N2O4S2. The van der Waals surface area contributed by atoms with Crippen LogP contribution >= 0.6 is 23.1 Å². The van der Waals surface area contributed by atoms with E-state index >= 15 is 0 Å². The van der Waals surface area contributed by atoms with E-state index in [0.717, 1.165) is 26.7 Å². The first-order valence-electron chi connectivity index (χ1n) is 9.04. The number of ether oxygens (including phenoxy) is 1. The molecule has 0 aliphatic heterocycles. The van der Waals surface area contributed by atoms with Crippen molar-refractivity contribution < 1.29 is 19.1 Å². The number of nitrogens with one attached hydrogen (secondary N) is 1. The van der Waals surface area contributed by atoms with E-state index in [9.17, 15) is 14.4 Å². The number of anilines is 1. The summed E-state index contributed by atoms with van der Waals surface area (Å²) in [5.74, 6) is 1.47. The second kappa shape index (κ2) is 6.31. The third-order valence-corrected chi connectivity index (χ3v) is 7.98. The van der Waals surface area contributed by atoms with E-state index in [4.69, 9.17) is 4.74 Å². The lowest BCUT2D eigenvalue weighted by Crippen LogP contribution is -2.27. The molecule has 0 radical (unpaired) electrons. The highest BCUT2D eigenvalue weighted by Crippen LogP contribution is 2.71. The third kappa shape index (κ3) is 2.86. The van der Waals surface area contributed by atoms with E-state index in [2.05, 4.69) is 10.3 Å². The van der Waals surface area contributed by atoms with Crippen molar-refractivity contribution in [1.29, 1.82) is 0 Å². The molecule has 1 heterocycles. The SMILES string of the molecule is CC(=O)OCCSc1nc2ccc(NC(=O)C3C4CC5C(C4=O)C53)cc2s1. The maximum absolute atomic E-state index is 12.7. The number of hydrogen-bond acceptors (Lipinski definition) is 7. The van der Waals surface area contributed by atoms with Crippen LogP contribution < -0.4 is 5.32 Å². The first kappa shape index (κ1) is 17.2. The number of Topliss-reactive ketones (excluding diaryl/α,β-unsaturated/α-hetero) is 1. The number of carbonyl (C=O) groups is 3. The predicted molar refractivity (Wildman–Crippen MR) is 103 cm³/mol. The van der Waals surface area contributed by atoms with Gasteiger partial charge in [-0.2, -0.15) is 0 Å². The predicted octanol–water partition coefficient (Wildman–Crippen LogP) is 2.97. The van der Waals surface area contributed by atoms with Gasteiger partial charge < -0.3 is 10.1 Å². The van der Waals surface area contributed by atoms with Gasteiger partial charge in [-0.1, -0.05) is 11.8 Å². The van der Waals surface area contributed by atoms with Gasteiger partial charge in [0.05, 0.1) is 16.1 Å². The molecule has 4 saturated carbocycles. The lowest BCUT2D eigenvalue weighted by Gasteiger charge is -2.13. The van der Waals surface area contributed by atoms with Gasteiger partial charge in [0, 0.05) is 30.2 Å². The van der Waals surface area contributed by atoms with Gasteiger partial charge >= 0.3 is 5.97 Å². The van der Waals surface area contributed by atoms with Crippen LogP contribution in [0.1, 0.15) is 13.3 Å². The van der Waals surface area contributed by atoms with Gasteiger partial charge in [-0.05, 0) is 36.5 Å². The number of thioether (sulfide) groups is 1. The maximum Gasteiger partial charge on any atom is 0.302 e. The number of carbonyl (C=O) groups excluding carboxylic acids is 3. The van der Waals surface area contributed by atoms with Crippen LogP contribution in [0.5, 0.6) is 0 Å². The second-order valence-corrected chi connectivity index (χ2v) is 9.75. The Labute approximate surface area is 164 Å². The van der Waals surface area contributed by atoms with Crippen LogP contribution in [0.4, 0.5) is 5.69 Å².